The number of aromatic nitrogens is 2. The molecule has 0 fully saturated rings. The second-order valence-corrected chi connectivity index (χ2v) is 7.84. The van der Waals surface area contributed by atoms with Crippen molar-refractivity contribution < 1.29 is 0 Å². The first-order valence-corrected chi connectivity index (χ1v) is 9.45. The van der Waals surface area contributed by atoms with Crippen molar-refractivity contribution in [3.8, 4) is 0 Å². The summed E-state index contributed by atoms with van der Waals surface area (Å²) in [7, 11) is 3.52. The summed E-state index contributed by atoms with van der Waals surface area (Å²) in [5.74, 6) is 1.15. The van der Waals surface area contributed by atoms with E-state index in [-0.39, 0.29) is 0 Å². The molecule has 1 aromatic heterocycles. The lowest BCUT2D eigenvalue weighted by molar-refractivity contribution is 0.898. The zero-order chi connectivity index (χ0) is 13.5. The van der Waals surface area contributed by atoms with Gasteiger partial charge in [-0.15, -0.1) is 10.2 Å². The maximum atomic E-state index is 5.93. The molecule has 1 N–H and O–H groups in total. The summed E-state index contributed by atoms with van der Waals surface area (Å²) in [6.07, 6.45) is 2.47. The number of rotatable bonds is 7. The van der Waals surface area contributed by atoms with E-state index < -0.39 is 0 Å². The molecule has 1 heterocycles. The van der Waals surface area contributed by atoms with Crippen molar-refractivity contribution in [3.63, 3.8) is 0 Å². The third-order valence-electron chi connectivity index (χ3n) is 2.19. The first-order valence-electron chi connectivity index (χ1n) is 5.93. The first-order chi connectivity index (χ1) is 9.28. The number of hydrogen-bond acceptors (Lipinski definition) is 6. The highest BCUT2D eigenvalue weighted by atomic mass is 35.5. The third-order valence-corrected chi connectivity index (χ3v) is 6.00. The van der Waals surface area contributed by atoms with E-state index in [1.165, 1.54) is 12.8 Å². The van der Waals surface area contributed by atoms with Crippen molar-refractivity contribution in [2.24, 2.45) is 0 Å². The predicted molar refractivity (Wildman–Crippen MR) is 87.9 cm³/mol. The lowest BCUT2D eigenvalue weighted by Crippen LogP contribution is -1.88. The van der Waals surface area contributed by atoms with Crippen LogP contribution >= 0.6 is 44.5 Å². The molecule has 0 aliphatic heterocycles. The Bertz CT molecular complexity index is 518. The van der Waals surface area contributed by atoms with Crippen LogP contribution in [0.3, 0.4) is 0 Å². The van der Waals surface area contributed by atoms with Gasteiger partial charge in [0.05, 0.1) is 0 Å². The lowest BCUT2D eigenvalue weighted by Gasteiger charge is -2.01. The van der Waals surface area contributed by atoms with Crippen LogP contribution < -0.4 is 5.32 Å². The van der Waals surface area contributed by atoms with Crippen molar-refractivity contribution in [2.45, 2.75) is 24.1 Å². The van der Waals surface area contributed by atoms with Crippen molar-refractivity contribution in [1.82, 2.24) is 10.2 Å². The van der Waals surface area contributed by atoms with Gasteiger partial charge in [0.1, 0.15) is 0 Å². The Kier molecular flexibility index (Phi) is 6.30. The highest BCUT2D eigenvalue weighted by Crippen LogP contribution is 2.35. The van der Waals surface area contributed by atoms with Gasteiger partial charge in [0.2, 0.25) is 5.13 Å². The van der Waals surface area contributed by atoms with E-state index in [0.717, 1.165) is 20.9 Å². The second-order valence-electron chi connectivity index (χ2n) is 3.77. The first kappa shape index (κ1) is 15.0. The molecule has 19 heavy (non-hydrogen) atoms. The Morgan fingerprint density at radius 2 is 2.26 bits per heavy atom. The van der Waals surface area contributed by atoms with Gasteiger partial charge in [-0.25, -0.2) is 0 Å². The second kappa shape index (κ2) is 7.99. The Morgan fingerprint density at radius 3 is 3.05 bits per heavy atom. The summed E-state index contributed by atoms with van der Waals surface area (Å²) >= 11 is 7.49. The van der Waals surface area contributed by atoms with Crippen LogP contribution in [-0.2, 0) is 0 Å². The molecule has 0 saturated heterocycles. The quantitative estimate of drug-likeness (QED) is 0.537. The van der Waals surface area contributed by atoms with Gasteiger partial charge in [-0.2, -0.15) is 0 Å². The molecular weight excluding hydrogens is 318 g/mol. The lowest BCUT2D eigenvalue weighted by atomic mass is 10.3. The van der Waals surface area contributed by atoms with Crippen molar-refractivity contribution in [1.29, 1.82) is 0 Å². The molecule has 0 amide bonds. The molecule has 0 radical (unpaired) electrons. The molecule has 0 aliphatic carbocycles. The van der Waals surface area contributed by atoms with Gasteiger partial charge in [0.15, 0.2) is 4.34 Å². The third kappa shape index (κ3) is 5.22. The molecule has 3 nitrogen and oxygen atoms in total. The Morgan fingerprint density at radius 1 is 1.37 bits per heavy atom. The molecule has 2 rings (SSSR count). The van der Waals surface area contributed by atoms with Crippen LogP contribution in [0.4, 0.5) is 10.8 Å². The number of benzene rings is 1. The molecule has 0 atom stereocenters. The molecule has 0 bridgehead atoms. The molecule has 0 saturated carbocycles. The van der Waals surface area contributed by atoms with Gasteiger partial charge in [-0.1, -0.05) is 53.1 Å². The summed E-state index contributed by atoms with van der Waals surface area (Å²) < 4.78 is 0.977. The minimum absolute atomic E-state index is 0.708. The fourth-order valence-corrected chi connectivity index (χ4v) is 4.75. The summed E-state index contributed by atoms with van der Waals surface area (Å²) in [4.78, 5) is 0. The number of nitrogens with zero attached hydrogens (tertiary/aromatic N) is 2. The minimum atomic E-state index is 0.708. The number of anilines is 2. The number of hydrogen-bond donors (Lipinski definition) is 1. The van der Waals surface area contributed by atoms with E-state index in [4.69, 9.17) is 11.6 Å². The zero-order valence-electron chi connectivity index (χ0n) is 10.4. The summed E-state index contributed by atoms with van der Waals surface area (Å²) in [6, 6.07) is 7.57. The fourth-order valence-electron chi connectivity index (χ4n) is 1.28. The van der Waals surface area contributed by atoms with E-state index in [9.17, 15) is 0 Å². The largest absolute Gasteiger partial charge is 0.330 e. The normalized spacial score (nSPS) is 10.6. The smallest absolute Gasteiger partial charge is 0.210 e. The van der Waals surface area contributed by atoms with Gasteiger partial charge in [0.25, 0.3) is 0 Å². The van der Waals surface area contributed by atoms with E-state index in [2.05, 4.69) is 22.4 Å². The minimum Gasteiger partial charge on any atom is -0.330 e. The van der Waals surface area contributed by atoms with Crippen molar-refractivity contribution in [2.75, 3.05) is 11.1 Å². The Labute approximate surface area is 129 Å². The Balaban J connectivity index is 1.87. The van der Waals surface area contributed by atoms with Crippen LogP contribution in [0.25, 0.3) is 0 Å². The standard InChI is InChI=1S/C12H14ClN3S3/c1-2-3-7-17-19-12-16-15-11(18-12)14-10-6-4-5-9(13)8-10/h4-6,8H,2-3,7H2,1H3,(H,14,15). The fraction of sp³-hybridized carbons (Fsp3) is 0.333. The summed E-state index contributed by atoms with van der Waals surface area (Å²) in [5.41, 5.74) is 0.929. The van der Waals surface area contributed by atoms with Crippen molar-refractivity contribution >= 4 is 55.3 Å². The summed E-state index contributed by atoms with van der Waals surface area (Å²) in [5, 5.41) is 13.0. The highest BCUT2D eigenvalue weighted by molar-refractivity contribution is 8.77. The van der Waals surface area contributed by atoms with Crippen LogP contribution in [0.1, 0.15) is 19.8 Å². The van der Waals surface area contributed by atoms with Gasteiger partial charge >= 0.3 is 0 Å². The number of nitrogens with one attached hydrogen (secondary N) is 1. The number of unbranched alkanes of at least 4 members (excludes halogenated alkanes) is 1. The van der Waals surface area contributed by atoms with Gasteiger partial charge in [0, 0.05) is 16.5 Å². The molecule has 1 aromatic carbocycles. The van der Waals surface area contributed by atoms with Gasteiger partial charge in [-0.3, -0.25) is 0 Å². The molecule has 0 unspecified atom stereocenters. The average Bonchev–Trinajstić information content (AvgIpc) is 2.82. The predicted octanol–water partition coefficient (Wildman–Crippen LogP) is 5.48. The zero-order valence-corrected chi connectivity index (χ0v) is 13.6. The van der Waals surface area contributed by atoms with Crippen LogP contribution in [-0.4, -0.2) is 16.0 Å². The monoisotopic (exact) mass is 331 g/mol. The van der Waals surface area contributed by atoms with Crippen LogP contribution in [0, 0.1) is 0 Å². The maximum Gasteiger partial charge on any atom is 0.210 e. The molecule has 2 aromatic rings. The van der Waals surface area contributed by atoms with Crippen LogP contribution in [0.2, 0.25) is 5.02 Å². The van der Waals surface area contributed by atoms with Crippen molar-refractivity contribution in [3.05, 3.63) is 29.3 Å². The van der Waals surface area contributed by atoms with E-state index in [1.54, 1.807) is 22.1 Å². The highest BCUT2D eigenvalue weighted by Gasteiger charge is 2.05. The topological polar surface area (TPSA) is 37.8 Å². The maximum absolute atomic E-state index is 5.93. The molecular formula is C12H14ClN3S3. The molecule has 0 aliphatic rings. The average molecular weight is 332 g/mol. The van der Waals surface area contributed by atoms with E-state index >= 15 is 0 Å². The Hall–Kier alpha value is -0.430. The molecule has 7 heteroatoms. The molecule has 102 valence electrons. The SMILES string of the molecule is CCCCSSc1nnc(Nc2cccc(Cl)c2)s1. The van der Waals surface area contributed by atoms with Gasteiger partial charge < -0.3 is 5.32 Å². The van der Waals surface area contributed by atoms with E-state index in [1.807, 2.05) is 35.1 Å². The van der Waals surface area contributed by atoms with Crippen LogP contribution in [0.15, 0.2) is 28.6 Å². The van der Waals surface area contributed by atoms with E-state index in [0.29, 0.717) is 5.02 Å². The molecule has 0 spiro atoms. The number of halogens is 1. The summed E-state index contributed by atoms with van der Waals surface area (Å²) in [6.45, 7) is 2.20. The van der Waals surface area contributed by atoms with Crippen LogP contribution in [0.5, 0.6) is 0 Å². The van der Waals surface area contributed by atoms with Gasteiger partial charge in [-0.05, 0) is 35.4 Å².